The molecule has 1 N–H and O–H groups in total. The standard InChI is InChI=1S/C16H18N2O3S2/c1-12(19)17-13-6-8-14(9-7-13)23(20,21)18-10-2-4-15(18)16-5-3-11-22-16/h3,5-9,11,15H,2,4,10H2,1H3,(H,17,19)/t15-/m1/s1. The molecule has 1 amide bonds. The number of nitrogens with zero attached hydrogens (tertiary/aromatic N) is 1. The molecule has 23 heavy (non-hydrogen) atoms. The van der Waals surface area contributed by atoms with Crippen molar-refractivity contribution in [3.8, 4) is 0 Å². The van der Waals surface area contributed by atoms with Crippen molar-refractivity contribution in [2.75, 3.05) is 11.9 Å². The number of carbonyl (C=O) groups is 1. The minimum atomic E-state index is -3.53. The van der Waals surface area contributed by atoms with Crippen molar-refractivity contribution >= 4 is 33.0 Å². The highest BCUT2D eigenvalue weighted by atomic mass is 32.2. The first-order valence-corrected chi connectivity index (χ1v) is 9.73. The predicted molar refractivity (Wildman–Crippen MR) is 90.9 cm³/mol. The van der Waals surface area contributed by atoms with Crippen molar-refractivity contribution in [1.82, 2.24) is 4.31 Å². The van der Waals surface area contributed by atoms with Gasteiger partial charge in [-0.1, -0.05) is 6.07 Å². The predicted octanol–water partition coefficient (Wildman–Crippen LogP) is 3.23. The summed E-state index contributed by atoms with van der Waals surface area (Å²) in [4.78, 5) is 12.4. The Morgan fingerprint density at radius 1 is 1.26 bits per heavy atom. The van der Waals surface area contributed by atoms with Crippen LogP contribution in [0.4, 0.5) is 5.69 Å². The first-order chi connectivity index (χ1) is 11.0. The van der Waals surface area contributed by atoms with Crippen LogP contribution in [0.3, 0.4) is 0 Å². The third-order valence-corrected chi connectivity index (χ3v) is 6.75. The largest absolute Gasteiger partial charge is 0.326 e. The molecule has 0 aliphatic carbocycles. The van der Waals surface area contributed by atoms with E-state index in [9.17, 15) is 13.2 Å². The lowest BCUT2D eigenvalue weighted by Crippen LogP contribution is -2.30. The fourth-order valence-electron chi connectivity index (χ4n) is 2.84. The van der Waals surface area contributed by atoms with Crippen LogP contribution in [0.25, 0.3) is 0 Å². The number of hydrogen-bond acceptors (Lipinski definition) is 4. The Morgan fingerprint density at radius 3 is 2.61 bits per heavy atom. The lowest BCUT2D eigenvalue weighted by molar-refractivity contribution is -0.114. The van der Waals surface area contributed by atoms with Gasteiger partial charge in [-0.15, -0.1) is 11.3 Å². The zero-order chi connectivity index (χ0) is 16.4. The minimum Gasteiger partial charge on any atom is -0.326 e. The van der Waals surface area contributed by atoms with Gasteiger partial charge in [0.05, 0.1) is 10.9 Å². The molecule has 0 radical (unpaired) electrons. The molecule has 3 rings (SSSR count). The van der Waals surface area contributed by atoms with Gasteiger partial charge >= 0.3 is 0 Å². The third-order valence-electron chi connectivity index (χ3n) is 3.86. The maximum Gasteiger partial charge on any atom is 0.243 e. The summed E-state index contributed by atoms with van der Waals surface area (Å²) >= 11 is 1.59. The fourth-order valence-corrected chi connectivity index (χ4v) is 5.46. The van der Waals surface area contributed by atoms with Crippen LogP contribution in [0.15, 0.2) is 46.7 Å². The van der Waals surface area contributed by atoms with Crippen LogP contribution in [0.2, 0.25) is 0 Å². The Hall–Kier alpha value is -1.70. The monoisotopic (exact) mass is 350 g/mol. The van der Waals surface area contributed by atoms with Gasteiger partial charge in [0, 0.05) is 24.0 Å². The highest BCUT2D eigenvalue weighted by molar-refractivity contribution is 7.89. The first-order valence-electron chi connectivity index (χ1n) is 7.41. The zero-order valence-corrected chi connectivity index (χ0v) is 14.4. The van der Waals surface area contributed by atoms with E-state index in [1.54, 1.807) is 39.9 Å². The molecule has 5 nitrogen and oxygen atoms in total. The SMILES string of the molecule is CC(=O)Nc1ccc(S(=O)(=O)N2CCC[C@@H]2c2cccs2)cc1. The number of carbonyl (C=O) groups excluding carboxylic acids is 1. The smallest absolute Gasteiger partial charge is 0.243 e. The second-order valence-corrected chi connectivity index (χ2v) is 8.36. The molecule has 1 aromatic carbocycles. The van der Waals surface area contributed by atoms with Gasteiger partial charge in [0.2, 0.25) is 15.9 Å². The molecule has 1 fully saturated rings. The molecule has 1 atom stereocenters. The van der Waals surface area contributed by atoms with Gasteiger partial charge in [-0.2, -0.15) is 4.31 Å². The van der Waals surface area contributed by atoms with Crippen molar-refractivity contribution in [2.45, 2.75) is 30.7 Å². The maximum atomic E-state index is 12.9. The van der Waals surface area contributed by atoms with E-state index < -0.39 is 10.0 Å². The molecular formula is C16H18N2O3S2. The quantitative estimate of drug-likeness (QED) is 0.920. The van der Waals surface area contributed by atoms with E-state index in [1.165, 1.54) is 6.92 Å². The van der Waals surface area contributed by atoms with Crippen LogP contribution >= 0.6 is 11.3 Å². The highest BCUT2D eigenvalue weighted by Crippen LogP contribution is 2.38. The molecule has 1 saturated heterocycles. The Labute approximate surface area is 140 Å². The molecule has 0 saturated carbocycles. The number of sulfonamides is 1. The minimum absolute atomic E-state index is 0.0741. The fraction of sp³-hybridized carbons (Fsp3) is 0.312. The summed E-state index contributed by atoms with van der Waals surface area (Å²) in [6.07, 6.45) is 1.72. The molecule has 1 aliphatic rings. The summed E-state index contributed by atoms with van der Waals surface area (Å²) in [5.74, 6) is -0.182. The Bertz CT molecular complexity index is 783. The van der Waals surface area contributed by atoms with Gasteiger partial charge in [0.1, 0.15) is 0 Å². The van der Waals surface area contributed by atoms with Gasteiger partial charge in [0.25, 0.3) is 0 Å². The molecule has 1 aromatic heterocycles. The molecule has 7 heteroatoms. The average molecular weight is 350 g/mol. The van der Waals surface area contributed by atoms with Crippen LogP contribution in [-0.2, 0) is 14.8 Å². The molecular weight excluding hydrogens is 332 g/mol. The van der Waals surface area contributed by atoms with Crippen molar-refractivity contribution in [1.29, 1.82) is 0 Å². The van der Waals surface area contributed by atoms with Gasteiger partial charge in [-0.25, -0.2) is 8.42 Å². The second-order valence-electron chi connectivity index (χ2n) is 5.49. The van der Waals surface area contributed by atoms with Crippen molar-refractivity contribution in [3.63, 3.8) is 0 Å². The molecule has 2 heterocycles. The highest BCUT2D eigenvalue weighted by Gasteiger charge is 2.36. The van der Waals surface area contributed by atoms with Crippen LogP contribution < -0.4 is 5.32 Å². The third kappa shape index (κ3) is 3.31. The zero-order valence-electron chi connectivity index (χ0n) is 12.7. The normalized spacial score (nSPS) is 18.9. The second kappa shape index (κ2) is 6.43. The number of anilines is 1. The van der Waals surface area contributed by atoms with Crippen LogP contribution in [0.5, 0.6) is 0 Å². The number of benzene rings is 1. The van der Waals surface area contributed by atoms with Gasteiger partial charge in [-0.3, -0.25) is 4.79 Å². The summed E-state index contributed by atoms with van der Waals surface area (Å²) in [6, 6.07) is 10.2. The molecule has 0 bridgehead atoms. The van der Waals surface area contributed by atoms with Crippen LogP contribution in [0.1, 0.15) is 30.7 Å². The number of amides is 1. The number of thiophene rings is 1. The molecule has 0 unspecified atom stereocenters. The Morgan fingerprint density at radius 2 is 2.00 bits per heavy atom. The topological polar surface area (TPSA) is 66.5 Å². The summed E-state index contributed by atoms with van der Waals surface area (Å²) in [6.45, 7) is 1.96. The number of nitrogens with one attached hydrogen (secondary N) is 1. The van der Waals surface area contributed by atoms with Crippen molar-refractivity contribution < 1.29 is 13.2 Å². The van der Waals surface area contributed by atoms with E-state index in [0.29, 0.717) is 12.2 Å². The maximum absolute atomic E-state index is 12.9. The molecule has 122 valence electrons. The van der Waals surface area contributed by atoms with E-state index in [-0.39, 0.29) is 16.8 Å². The summed E-state index contributed by atoms with van der Waals surface area (Å²) < 4.78 is 27.4. The van der Waals surface area contributed by atoms with Crippen LogP contribution in [-0.4, -0.2) is 25.2 Å². The Balaban J connectivity index is 1.87. The molecule has 0 spiro atoms. The van der Waals surface area contributed by atoms with Crippen LogP contribution in [0, 0.1) is 0 Å². The van der Waals surface area contributed by atoms with E-state index >= 15 is 0 Å². The van der Waals surface area contributed by atoms with Gasteiger partial charge < -0.3 is 5.32 Å². The molecule has 2 aromatic rings. The lowest BCUT2D eigenvalue weighted by Gasteiger charge is -2.23. The summed E-state index contributed by atoms with van der Waals surface area (Å²) in [5, 5.41) is 4.61. The van der Waals surface area contributed by atoms with Crippen molar-refractivity contribution in [2.24, 2.45) is 0 Å². The first kappa shape index (κ1) is 16.2. The van der Waals surface area contributed by atoms with E-state index in [1.807, 2.05) is 17.5 Å². The summed E-state index contributed by atoms with van der Waals surface area (Å²) in [5.41, 5.74) is 0.590. The molecule has 1 aliphatic heterocycles. The summed E-state index contributed by atoms with van der Waals surface area (Å²) in [7, 11) is -3.53. The lowest BCUT2D eigenvalue weighted by atomic mass is 10.2. The Kier molecular flexibility index (Phi) is 4.52. The van der Waals surface area contributed by atoms with Gasteiger partial charge in [-0.05, 0) is 48.6 Å². The van der Waals surface area contributed by atoms with Gasteiger partial charge in [0.15, 0.2) is 0 Å². The van der Waals surface area contributed by atoms with E-state index in [0.717, 1.165) is 17.7 Å². The van der Waals surface area contributed by atoms with E-state index in [4.69, 9.17) is 0 Å². The average Bonchev–Trinajstić information content (AvgIpc) is 3.18. The number of rotatable bonds is 4. The van der Waals surface area contributed by atoms with Crippen molar-refractivity contribution in [3.05, 3.63) is 46.7 Å². The van der Waals surface area contributed by atoms with E-state index in [2.05, 4.69) is 5.32 Å². The number of hydrogen-bond donors (Lipinski definition) is 1.